The van der Waals surface area contributed by atoms with Gasteiger partial charge in [-0.1, -0.05) is 6.07 Å². The highest BCUT2D eigenvalue weighted by Crippen LogP contribution is 2.04. The molecule has 1 heterocycles. The molecule has 1 aromatic heterocycles. The Labute approximate surface area is 106 Å². The first kappa shape index (κ1) is 14.1. The lowest BCUT2D eigenvalue weighted by Crippen LogP contribution is -2.42. The Morgan fingerprint density at radius 2 is 2.44 bits per heavy atom. The fourth-order valence-electron chi connectivity index (χ4n) is 1.55. The van der Waals surface area contributed by atoms with E-state index in [1.54, 1.807) is 12.4 Å². The molecule has 0 saturated heterocycles. The van der Waals surface area contributed by atoms with Crippen molar-refractivity contribution in [2.45, 2.75) is 19.0 Å². The van der Waals surface area contributed by atoms with Crippen LogP contribution in [0.25, 0.3) is 0 Å². The summed E-state index contributed by atoms with van der Waals surface area (Å²) in [6, 6.07) is 4.81. The summed E-state index contributed by atoms with van der Waals surface area (Å²) in [6.07, 6.45) is 3.73. The number of carboxylic acids is 1. The highest BCUT2D eigenvalue weighted by atomic mass is 16.4. The van der Waals surface area contributed by atoms with Crippen molar-refractivity contribution in [1.29, 1.82) is 5.26 Å². The highest BCUT2D eigenvalue weighted by Gasteiger charge is 2.16. The molecule has 0 amide bonds. The van der Waals surface area contributed by atoms with E-state index in [0.717, 1.165) is 5.56 Å². The predicted molar refractivity (Wildman–Crippen MR) is 65.4 cm³/mol. The molecule has 0 aliphatic rings. The van der Waals surface area contributed by atoms with Crippen molar-refractivity contribution in [3.8, 4) is 6.07 Å². The van der Waals surface area contributed by atoms with Crippen molar-refractivity contribution in [2.24, 2.45) is 5.73 Å². The molecule has 3 N–H and O–H groups in total. The van der Waals surface area contributed by atoms with Gasteiger partial charge in [0.1, 0.15) is 6.04 Å². The lowest BCUT2D eigenvalue weighted by molar-refractivity contribution is -0.139. The molecule has 18 heavy (non-hydrogen) atoms. The van der Waals surface area contributed by atoms with Gasteiger partial charge in [-0.05, 0) is 11.6 Å². The first-order chi connectivity index (χ1) is 8.63. The summed E-state index contributed by atoms with van der Waals surface area (Å²) < 4.78 is 0. The molecule has 0 aliphatic heterocycles. The van der Waals surface area contributed by atoms with Gasteiger partial charge in [-0.25, -0.2) is 0 Å². The van der Waals surface area contributed by atoms with E-state index in [2.05, 4.69) is 4.98 Å². The van der Waals surface area contributed by atoms with Crippen LogP contribution in [0.2, 0.25) is 0 Å². The smallest absolute Gasteiger partial charge is 0.321 e. The highest BCUT2D eigenvalue weighted by molar-refractivity contribution is 5.73. The van der Waals surface area contributed by atoms with Crippen LogP contribution in [0.3, 0.4) is 0 Å². The monoisotopic (exact) mass is 248 g/mol. The van der Waals surface area contributed by atoms with Crippen molar-refractivity contribution >= 4 is 5.97 Å². The SMILES string of the molecule is N#CCCN(Cc1cccnc1)CC(N)C(=O)O. The third kappa shape index (κ3) is 4.91. The van der Waals surface area contributed by atoms with Crippen LogP contribution < -0.4 is 5.73 Å². The van der Waals surface area contributed by atoms with Crippen LogP contribution in [0.1, 0.15) is 12.0 Å². The topological polar surface area (TPSA) is 103 Å². The Morgan fingerprint density at radius 3 is 3.00 bits per heavy atom. The zero-order valence-electron chi connectivity index (χ0n) is 9.99. The number of rotatable bonds is 7. The molecule has 0 fully saturated rings. The van der Waals surface area contributed by atoms with Gasteiger partial charge in [0.05, 0.1) is 6.07 Å². The largest absolute Gasteiger partial charge is 0.480 e. The number of nitriles is 1. The van der Waals surface area contributed by atoms with Gasteiger partial charge < -0.3 is 10.8 Å². The van der Waals surface area contributed by atoms with Crippen LogP contribution in [0.5, 0.6) is 0 Å². The normalized spacial score (nSPS) is 12.1. The maximum absolute atomic E-state index is 10.7. The van der Waals surface area contributed by atoms with Gasteiger partial charge in [0.2, 0.25) is 0 Å². The maximum Gasteiger partial charge on any atom is 0.321 e. The van der Waals surface area contributed by atoms with Crippen LogP contribution in [0.4, 0.5) is 0 Å². The molecule has 0 saturated carbocycles. The van der Waals surface area contributed by atoms with Crippen molar-refractivity contribution in [3.63, 3.8) is 0 Å². The summed E-state index contributed by atoms with van der Waals surface area (Å²) in [4.78, 5) is 16.6. The number of carbonyl (C=O) groups is 1. The number of aliphatic carboxylic acids is 1. The summed E-state index contributed by atoms with van der Waals surface area (Å²) >= 11 is 0. The number of carboxylic acid groups (broad SMARTS) is 1. The second-order valence-corrected chi connectivity index (χ2v) is 3.95. The molecule has 0 spiro atoms. The summed E-state index contributed by atoms with van der Waals surface area (Å²) in [5.41, 5.74) is 6.47. The van der Waals surface area contributed by atoms with Crippen molar-refractivity contribution in [2.75, 3.05) is 13.1 Å². The number of aromatic nitrogens is 1. The molecule has 1 rings (SSSR count). The van der Waals surface area contributed by atoms with E-state index in [0.29, 0.717) is 19.5 Å². The third-order valence-electron chi connectivity index (χ3n) is 2.44. The summed E-state index contributed by atoms with van der Waals surface area (Å²) in [7, 11) is 0. The predicted octanol–water partition coefficient (Wildman–Crippen LogP) is 0.209. The number of nitrogens with two attached hydrogens (primary N) is 1. The third-order valence-corrected chi connectivity index (χ3v) is 2.44. The number of hydrogen-bond acceptors (Lipinski definition) is 5. The molecule has 0 aliphatic carbocycles. The minimum Gasteiger partial charge on any atom is -0.480 e. The molecule has 1 aromatic rings. The van der Waals surface area contributed by atoms with E-state index >= 15 is 0 Å². The van der Waals surface area contributed by atoms with Crippen LogP contribution in [-0.2, 0) is 11.3 Å². The first-order valence-electron chi connectivity index (χ1n) is 5.60. The fraction of sp³-hybridized carbons (Fsp3) is 0.417. The molecule has 0 radical (unpaired) electrons. The van der Waals surface area contributed by atoms with Crippen LogP contribution in [-0.4, -0.2) is 40.1 Å². The first-order valence-corrected chi connectivity index (χ1v) is 5.60. The average molecular weight is 248 g/mol. The van der Waals surface area contributed by atoms with Crippen molar-refractivity contribution in [1.82, 2.24) is 9.88 Å². The van der Waals surface area contributed by atoms with Crippen LogP contribution in [0, 0.1) is 11.3 Å². The molecule has 6 heteroatoms. The Bertz CT molecular complexity index is 416. The number of nitrogens with zero attached hydrogens (tertiary/aromatic N) is 3. The number of pyridine rings is 1. The van der Waals surface area contributed by atoms with E-state index in [9.17, 15) is 4.79 Å². The molecular formula is C12H16N4O2. The average Bonchev–Trinajstić information content (AvgIpc) is 2.37. The van der Waals surface area contributed by atoms with E-state index in [-0.39, 0.29) is 6.54 Å². The quantitative estimate of drug-likeness (QED) is 0.715. The van der Waals surface area contributed by atoms with E-state index in [1.165, 1.54) is 0 Å². The van der Waals surface area contributed by atoms with Gasteiger partial charge in [0.15, 0.2) is 0 Å². The van der Waals surface area contributed by atoms with Gasteiger partial charge in [-0.15, -0.1) is 0 Å². The van der Waals surface area contributed by atoms with E-state index in [4.69, 9.17) is 16.1 Å². The molecule has 6 nitrogen and oxygen atoms in total. The van der Waals surface area contributed by atoms with Crippen LogP contribution >= 0.6 is 0 Å². The Morgan fingerprint density at radius 1 is 1.67 bits per heavy atom. The van der Waals surface area contributed by atoms with Gasteiger partial charge in [0, 0.05) is 38.4 Å². The Balaban J connectivity index is 2.61. The Kier molecular flexibility index (Phi) is 5.77. The Hall–Kier alpha value is -1.97. The summed E-state index contributed by atoms with van der Waals surface area (Å²) in [6.45, 7) is 1.24. The zero-order chi connectivity index (χ0) is 13.4. The van der Waals surface area contributed by atoms with Gasteiger partial charge in [-0.3, -0.25) is 14.7 Å². The molecule has 96 valence electrons. The molecule has 0 bridgehead atoms. The van der Waals surface area contributed by atoms with Crippen molar-refractivity contribution < 1.29 is 9.90 Å². The van der Waals surface area contributed by atoms with Crippen molar-refractivity contribution in [3.05, 3.63) is 30.1 Å². The van der Waals surface area contributed by atoms with Crippen LogP contribution in [0.15, 0.2) is 24.5 Å². The molecule has 1 atom stereocenters. The zero-order valence-corrected chi connectivity index (χ0v) is 9.99. The molecule has 1 unspecified atom stereocenters. The maximum atomic E-state index is 10.7. The van der Waals surface area contributed by atoms with E-state index in [1.807, 2.05) is 23.1 Å². The fourth-order valence-corrected chi connectivity index (χ4v) is 1.55. The van der Waals surface area contributed by atoms with E-state index < -0.39 is 12.0 Å². The standard InChI is InChI=1S/C12H16N4O2/c13-4-2-6-16(9-11(14)12(17)18)8-10-3-1-5-15-7-10/h1,3,5,7,11H,2,6,8-9,14H2,(H,17,18). The number of hydrogen-bond donors (Lipinski definition) is 2. The summed E-state index contributed by atoms with van der Waals surface area (Å²) in [5.74, 6) is -1.04. The van der Waals surface area contributed by atoms with Gasteiger partial charge >= 0.3 is 5.97 Å². The van der Waals surface area contributed by atoms with Gasteiger partial charge in [0.25, 0.3) is 0 Å². The minimum absolute atomic E-state index is 0.214. The molecule has 0 aromatic carbocycles. The second kappa shape index (κ2) is 7.37. The minimum atomic E-state index is -1.04. The lowest BCUT2D eigenvalue weighted by Gasteiger charge is -2.22. The lowest BCUT2D eigenvalue weighted by atomic mass is 10.2. The second-order valence-electron chi connectivity index (χ2n) is 3.95. The van der Waals surface area contributed by atoms with Gasteiger partial charge in [-0.2, -0.15) is 5.26 Å². The summed E-state index contributed by atoms with van der Waals surface area (Å²) in [5, 5.41) is 17.4. The molecular weight excluding hydrogens is 232 g/mol.